The molecule has 0 aliphatic heterocycles. The van der Waals surface area contributed by atoms with E-state index in [9.17, 15) is 31.9 Å². The lowest BCUT2D eigenvalue weighted by atomic mass is 10.2. The first kappa shape index (κ1) is 23.3. The smallest absolute Gasteiger partial charge is 0.302 e. The number of rotatable bonds is 5. The van der Waals surface area contributed by atoms with E-state index in [0.717, 1.165) is 6.20 Å². The Balaban J connectivity index is 1.77. The zero-order valence-electron chi connectivity index (χ0n) is 16.6. The van der Waals surface area contributed by atoms with Crippen molar-refractivity contribution < 1.29 is 31.9 Å². The lowest BCUT2D eigenvalue weighted by Gasteiger charge is -2.23. The van der Waals surface area contributed by atoms with Gasteiger partial charge in [0.2, 0.25) is 0 Å². The molecule has 3 aromatic rings. The molecule has 0 aliphatic carbocycles. The largest absolute Gasteiger partial charge is 0.472 e. The number of pyridine rings is 2. The number of aromatic nitrogens is 2. The number of hydrazine groups is 1. The zero-order valence-corrected chi connectivity index (χ0v) is 16.6. The van der Waals surface area contributed by atoms with E-state index >= 15 is 0 Å². The number of alkyl halides is 3. The van der Waals surface area contributed by atoms with Crippen LogP contribution >= 0.6 is 0 Å². The number of nitrogens with one attached hydrogen (secondary N) is 2. The molecule has 8 nitrogen and oxygen atoms in total. The summed E-state index contributed by atoms with van der Waals surface area (Å²) in [6.45, 7) is -0.0999. The van der Waals surface area contributed by atoms with Gasteiger partial charge in [-0.05, 0) is 42.5 Å². The highest BCUT2D eigenvalue weighted by Gasteiger charge is 2.39. The summed E-state index contributed by atoms with van der Waals surface area (Å²) in [6.07, 6.45) is -1.23. The van der Waals surface area contributed by atoms with Crippen LogP contribution in [0.15, 0.2) is 67.1 Å². The molecule has 33 heavy (non-hydrogen) atoms. The maximum absolute atomic E-state index is 13.8. The lowest BCUT2D eigenvalue weighted by Crippen LogP contribution is -2.47. The summed E-state index contributed by atoms with van der Waals surface area (Å²) in [5.41, 5.74) is 3.59. The highest BCUT2D eigenvalue weighted by molar-refractivity contribution is 6.05. The van der Waals surface area contributed by atoms with Crippen molar-refractivity contribution in [2.45, 2.75) is 12.7 Å². The predicted octanol–water partition coefficient (Wildman–Crippen LogP) is 2.79. The number of benzene rings is 1. The van der Waals surface area contributed by atoms with Crippen molar-refractivity contribution in [2.24, 2.45) is 0 Å². The Morgan fingerprint density at radius 1 is 0.939 bits per heavy atom. The van der Waals surface area contributed by atoms with Crippen molar-refractivity contribution in [1.29, 1.82) is 0 Å². The van der Waals surface area contributed by atoms with Gasteiger partial charge in [-0.3, -0.25) is 35.2 Å². The maximum atomic E-state index is 13.8. The molecular formula is C21H15F4N5O3. The van der Waals surface area contributed by atoms with Crippen LogP contribution in [-0.2, 0) is 11.3 Å². The summed E-state index contributed by atoms with van der Waals surface area (Å²) in [5, 5.41) is 0. The molecule has 0 fully saturated rings. The third-order valence-electron chi connectivity index (χ3n) is 4.25. The second-order valence-electron chi connectivity index (χ2n) is 6.55. The van der Waals surface area contributed by atoms with E-state index in [0.29, 0.717) is 11.3 Å². The van der Waals surface area contributed by atoms with Gasteiger partial charge in [0.1, 0.15) is 5.82 Å². The molecule has 0 saturated heterocycles. The minimum absolute atomic E-state index is 0.0999. The quantitative estimate of drug-likeness (QED) is 0.449. The molecule has 0 saturated carbocycles. The Labute approximate surface area is 184 Å². The summed E-state index contributed by atoms with van der Waals surface area (Å²) in [5.74, 6) is -4.37. The van der Waals surface area contributed by atoms with Crippen molar-refractivity contribution in [3.05, 3.63) is 89.8 Å². The van der Waals surface area contributed by atoms with Crippen molar-refractivity contribution in [1.82, 2.24) is 20.8 Å². The average molecular weight is 461 g/mol. The van der Waals surface area contributed by atoms with Gasteiger partial charge >= 0.3 is 12.1 Å². The van der Waals surface area contributed by atoms with Crippen LogP contribution in [0.2, 0.25) is 0 Å². The van der Waals surface area contributed by atoms with Crippen LogP contribution in [0.4, 0.5) is 23.2 Å². The van der Waals surface area contributed by atoms with E-state index in [-0.39, 0.29) is 17.8 Å². The van der Waals surface area contributed by atoms with Gasteiger partial charge in [-0.25, -0.2) is 4.39 Å². The Hall–Kier alpha value is -4.35. The van der Waals surface area contributed by atoms with Crippen LogP contribution in [0.1, 0.15) is 26.4 Å². The number of nitrogens with zero attached hydrogens (tertiary/aromatic N) is 3. The highest BCUT2D eigenvalue weighted by atomic mass is 19.4. The number of anilines is 1. The number of hydrogen-bond donors (Lipinski definition) is 2. The highest BCUT2D eigenvalue weighted by Crippen LogP contribution is 2.21. The molecule has 1 aromatic carbocycles. The second kappa shape index (κ2) is 9.85. The van der Waals surface area contributed by atoms with E-state index in [1.807, 2.05) is 0 Å². The van der Waals surface area contributed by atoms with Crippen molar-refractivity contribution in [2.75, 3.05) is 4.90 Å². The fraction of sp³-hybridized carbons (Fsp3) is 0.0952. The maximum Gasteiger partial charge on any atom is 0.472 e. The van der Waals surface area contributed by atoms with Gasteiger partial charge in [-0.1, -0.05) is 6.07 Å². The normalized spacial score (nSPS) is 10.9. The predicted molar refractivity (Wildman–Crippen MR) is 107 cm³/mol. The minimum Gasteiger partial charge on any atom is -0.302 e. The molecule has 170 valence electrons. The van der Waals surface area contributed by atoms with Crippen LogP contribution in [0.3, 0.4) is 0 Å². The van der Waals surface area contributed by atoms with Crippen molar-refractivity contribution in [3.8, 4) is 0 Å². The molecular weight excluding hydrogens is 446 g/mol. The van der Waals surface area contributed by atoms with Gasteiger partial charge in [0.15, 0.2) is 0 Å². The summed E-state index contributed by atoms with van der Waals surface area (Å²) in [7, 11) is 0. The molecule has 3 amide bonds. The van der Waals surface area contributed by atoms with Crippen LogP contribution < -0.4 is 15.8 Å². The number of halogens is 4. The molecule has 2 N–H and O–H groups in total. The van der Waals surface area contributed by atoms with Gasteiger partial charge in [-0.2, -0.15) is 13.2 Å². The molecule has 0 atom stereocenters. The van der Waals surface area contributed by atoms with Gasteiger partial charge in [0.25, 0.3) is 11.8 Å². The Morgan fingerprint density at radius 3 is 2.27 bits per heavy atom. The lowest BCUT2D eigenvalue weighted by molar-refractivity contribution is -0.174. The van der Waals surface area contributed by atoms with E-state index in [2.05, 4.69) is 9.97 Å². The fourth-order valence-electron chi connectivity index (χ4n) is 2.65. The molecule has 2 heterocycles. The van der Waals surface area contributed by atoms with Crippen molar-refractivity contribution in [3.63, 3.8) is 0 Å². The zero-order chi connectivity index (χ0) is 24.0. The first-order chi connectivity index (χ1) is 15.6. The molecule has 0 bridgehead atoms. The number of carbonyl (C=O) groups is 3. The topological polar surface area (TPSA) is 104 Å². The van der Waals surface area contributed by atoms with E-state index in [1.165, 1.54) is 71.3 Å². The first-order valence-electron chi connectivity index (χ1n) is 9.25. The van der Waals surface area contributed by atoms with Gasteiger partial charge in [0.05, 0.1) is 17.8 Å². The Morgan fingerprint density at radius 2 is 1.67 bits per heavy atom. The Kier molecular flexibility index (Phi) is 6.96. The van der Waals surface area contributed by atoms with Gasteiger partial charge in [-0.15, -0.1) is 0 Å². The first-order valence-corrected chi connectivity index (χ1v) is 9.25. The third-order valence-corrected chi connectivity index (χ3v) is 4.25. The molecule has 2 aromatic heterocycles. The Bertz CT molecular complexity index is 1150. The molecule has 3 rings (SSSR count). The summed E-state index contributed by atoms with van der Waals surface area (Å²) < 4.78 is 50.4. The van der Waals surface area contributed by atoms with E-state index < -0.39 is 29.7 Å². The molecule has 12 heteroatoms. The average Bonchev–Trinajstić information content (AvgIpc) is 2.80. The van der Waals surface area contributed by atoms with Crippen LogP contribution in [-0.4, -0.2) is 33.9 Å². The van der Waals surface area contributed by atoms with Crippen LogP contribution in [0.25, 0.3) is 0 Å². The number of amides is 3. The standard InChI is InChI=1S/C21H15F4N5O3/c22-15-2-1-3-17(10-15)30(19(32)13-6-8-26-9-7-13)12-16-5-4-14(11-27-16)18(31)28-29-20(33)21(23,24)25/h1-11H,12H2,(H,28,31)(H,29,33). The van der Waals surface area contributed by atoms with E-state index in [1.54, 1.807) is 5.43 Å². The van der Waals surface area contributed by atoms with Crippen LogP contribution in [0.5, 0.6) is 0 Å². The minimum atomic E-state index is -5.16. The summed E-state index contributed by atoms with van der Waals surface area (Å²) >= 11 is 0. The third kappa shape index (κ3) is 6.09. The monoisotopic (exact) mass is 461 g/mol. The second-order valence-corrected chi connectivity index (χ2v) is 6.55. The summed E-state index contributed by atoms with van der Waals surface area (Å²) in [6, 6.07) is 11.0. The fourth-order valence-corrected chi connectivity index (χ4v) is 2.65. The molecule has 0 unspecified atom stereocenters. The molecule has 0 aliphatic rings. The van der Waals surface area contributed by atoms with Gasteiger partial charge in [0, 0.05) is 29.8 Å². The van der Waals surface area contributed by atoms with Gasteiger partial charge < -0.3 is 4.90 Å². The number of carbonyl (C=O) groups excluding carboxylic acids is 3. The summed E-state index contributed by atoms with van der Waals surface area (Å²) in [4.78, 5) is 44.9. The number of hydrogen-bond acceptors (Lipinski definition) is 5. The van der Waals surface area contributed by atoms with E-state index in [4.69, 9.17) is 0 Å². The van der Waals surface area contributed by atoms with Crippen molar-refractivity contribution >= 4 is 23.4 Å². The molecule has 0 spiro atoms. The molecule has 0 radical (unpaired) electrons. The SMILES string of the molecule is O=C(NNC(=O)C(F)(F)F)c1ccc(CN(C(=O)c2ccncc2)c2cccc(F)c2)nc1. The van der Waals surface area contributed by atoms with Crippen LogP contribution in [0, 0.1) is 5.82 Å².